The summed E-state index contributed by atoms with van der Waals surface area (Å²) in [6.45, 7) is -0.616. The first-order valence-electron chi connectivity index (χ1n) is 7.71. The van der Waals surface area contributed by atoms with Crippen LogP contribution >= 0.6 is 0 Å². The highest BCUT2D eigenvalue weighted by Crippen LogP contribution is 2.35. The number of likely N-dealkylation sites (N-methyl/N-ethyl adjacent to an activating group) is 1. The van der Waals surface area contributed by atoms with Gasteiger partial charge >= 0.3 is 6.18 Å². The Morgan fingerprint density at radius 1 is 1.26 bits per heavy atom. The number of aliphatic hydroxyl groups excluding tert-OH is 1. The molecule has 1 N–H and O–H groups in total. The van der Waals surface area contributed by atoms with Crippen LogP contribution in [0.5, 0.6) is 5.75 Å². The second kappa shape index (κ2) is 8.21. The van der Waals surface area contributed by atoms with Gasteiger partial charge in [-0.1, -0.05) is 12.1 Å². The lowest BCUT2D eigenvalue weighted by atomic mass is 10.2. The Labute approximate surface area is 151 Å². The number of non-ortho nitro benzene ring substituents is 1. The van der Waals surface area contributed by atoms with Gasteiger partial charge in [-0.2, -0.15) is 13.2 Å². The van der Waals surface area contributed by atoms with Gasteiger partial charge in [-0.15, -0.1) is 0 Å². The molecule has 0 aliphatic carbocycles. The van der Waals surface area contributed by atoms with Crippen molar-refractivity contribution in [2.75, 3.05) is 25.1 Å². The van der Waals surface area contributed by atoms with E-state index < -0.39 is 46.6 Å². The van der Waals surface area contributed by atoms with E-state index >= 15 is 0 Å². The zero-order chi connectivity index (χ0) is 20.2. The Morgan fingerprint density at radius 3 is 2.52 bits per heavy atom. The van der Waals surface area contributed by atoms with Crippen molar-refractivity contribution in [2.24, 2.45) is 0 Å². The number of alkyl halides is 3. The summed E-state index contributed by atoms with van der Waals surface area (Å²) in [4.78, 5) is 11.2. The summed E-state index contributed by atoms with van der Waals surface area (Å²) in [6, 6.07) is 7.62. The number of para-hydroxylation sites is 1. The van der Waals surface area contributed by atoms with Gasteiger partial charge in [0.15, 0.2) is 5.82 Å². The van der Waals surface area contributed by atoms with E-state index in [1.165, 1.54) is 30.1 Å². The van der Waals surface area contributed by atoms with E-state index in [4.69, 9.17) is 4.74 Å². The van der Waals surface area contributed by atoms with Crippen molar-refractivity contribution in [1.82, 2.24) is 0 Å². The molecule has 0 saturated carbocycles. The number of rotatable bonds is 7. The number of halogens is 4. The first-order chi connectivity index (χ1) is 12.6. The first-order valence-corrected chi connectivity index (χ1v) is 7.71. The lowest BCUT2D eigenvalue weighted by Gasteiger charge is -2.23. The molecule has 6 nitrogen and oxygen atoms in total. The molecular weight excluding hydrogens is 372 g/mol. The predicted octanol–water partition coefficient (Wildman–Crippen LogP) is 3.63. The van der Waals surface area contributed by atoms with Gasteiger partial charge in [0.2, 0.25) is 0 Å². The number of nitrogens with zero attached hydrogens (tertiary/aromatic N) is 2. The predicted molar refractivity (Wildman–Crippen MR) is 89.3 cm³/mol. The minimum Gasteiger partial charge on any atom is -0.490 e. The monoisotopic (exact) mass is 388 g/mol. The molecule has 2 rings (SSSR count). The van der Waals surface area contributed by atoms with Crippen LogP contribution in [-0.2, 0) is 6.18 Å². The number of nitro benzene ring substituents is 1. The summed E-state index contributed by atoms with van der Waals surface area (Å²) < 4.78 is 57.7. The third-order valence-corrected chi connectivity index (χ3v) is 3.66. The first kappa shape index (κ1) is 20.4. The molecule has 0 saturated heterocycles. The van der Waals surface area contributed by atoms with E-state index in [1.807, 2.05) is 0 Å². The Kier molecular flexibility index (Phi) is 6.21. The molecule has 10 heteroatoms. The van der Waals surface area contributed by atoms with Gasteiger partial charge in [0.05, 0.1) is 22.2 Å². The van der Waals surface area contributed by atoms with Crippen LogP contribution in [-0.4, -0.2) is 36.3 Å². The van der Waals surface area contributed by atoms with Crippen LogP contribution in [0.15, 0.2) is 42.5 Å². The quantitative estimate of drug-likeness (QED) is 0.445. The zero-order valence-electron chi connectivity index (χ0n) is 14.1. The van der Waals surface area contributed by atoms with Gasteiger partial charge in [-0.25, -0.2) is 4.39 Å². The maximum Gasteiger partial charge on any atom is 0.419 e. The van der Waals surface area contributed by atoms with Crippen LogP contribution in [0.25, 0.3) is 0 Å². The average molecular weight is 388 g/mol. The SMILES string of the molecule is CN(CC(O)COc1ccccc1C(F)(F)F)c1ccc([N+](=O)[O-])cc1F. The van der Waals surface area contributed by atoms with Gasteiger partial charge < -0.3 is 14.7 Å². The van der Waals surface area contributed by atoms with Crippen molar-refractivity contribution < 1.29 is 32.3 Å². The Balaban J connectivity index is 2.00. The smallest absolute Gasteiger partial charge is 0.419 e. The van der Waals surface area contributed by atoms with Crippen molar-refractivity contribution in [1.29, 1.82) is 0 Å². The molecule has 27 heavy (non-hydrogen) atoms. The molecule has 0 spiro atoms. The van der Waals surface area contributed by atoms with Gasteiger partial charge in [-0.3, -0.25) is 10.1 Å². The third-order valence-electron chi connectivity index (χ3n) is 3.66. The summed E-state index contributed by atoms with van der Waals surface area (Å²) >= 11 is 0. The van der Waals surface area contributed by atoms with Crippen molar-refractivity contribution in [3.8, 4) is 5.75 Å². The molecule has 2 aromatic carbocycles. The number of aliphatic hydroxyl groups is 1. The highest BCUT2D eigenvalue weighted by Gasteiger charge is 2.34. The zero-order valence-corrected chi connectivity index (χ0v) is 14.1. The van der Waals surface area contributed by atoms with Gasteiger partial charge in [0, 0.05) is 19.7 Å². The molecule has 1 unspecified atom stereocenters. The molecule has 0 radical (unpaired) electrons. The summed E-state index contributed by atoms with van der Waals surface area (Å²) in [5.74, 6) is -1.28. The van der Waals surface area contributed by atoms with Crippen molar-refractivity contribution in [3.05, 3.63) is 64.0 Å². The molecule has 0 heterocycles. The standard InChI is InChI=1S/C17H16F4N2O4/c1-22(15-7-6-11(23(25)26)8-14(15)18)9-12(24)10-27-16-5-3-2-4-13(16)17(19,20)21/h2-8,12,24H,9-10H2,1H3. The molecule has 1 atom stereocenters. The molecule has 2 aromatic rings. The van der Waals surface area contributed by atoms with Crippen LogP contribution in [0.3, 0.4) is 0 Å². The van der Waals surface area contributed by atoms with Gasteiger partial charge in [-0.05, 0) is 18.2 Å². The third kappa shape index (κ3) is 5.30. The Hall–Kier alpha value is -2.88. The van der Waals surface area contributed by atoms with Gasteiger partial charge in [0.1, 0.15) is 18.5 Å². The Bertz CT molecular complexity index is 814. The fourth-order valence-electron chi connectivity index (χ4n) is 2.40. The number of nitro groups is 1. The van der Waals surface area contributed by atoms with E-state index in [2.05, 4.69) is 0 Å². The van der Waals surface area contributed by atoms with E-state index in [-0.39, 0.29) is 12.2 Å². The van der Waals surface area contributed by atoms with E-state index in [9.17, 15) is 32.8 Å². The topological polar surface area (TPSA) is 75.8 Å². The number of hydrogen-bond acceptors (Lipinski definition) is 5. The number of anilines is 1. The fraction of sp³-hybridized carbons (Fsp3) is 0.294. The molecule has 0 bridgehead atoms. The molecular formula is C17H16F4N2O4. The fourth-order valence-corrected chi connectivity index (χ4v) is 2.40. The molecule has 0 aliphatic heterocycles. The number of hydrogen-bond donors (Lipinski definition) is 1. The summed E-state index contributed by atoms with van der Waals surface area (Å²) in [5.41, 5.74) is -1.39. The molecule has 146 valence electrons. The van der Waals surface area contributed by atoms with Crippen molar-refractivity contribution in [2.45, 2.75) is 12.3 Å². The van der Waals surface area contributed by atoms with Crippen LogP contribution < -0.4 is 9.64 Å². The second-order valence-electron chi connectivity index (χ2n) is 5.73. The van der Waals surface area contributed by atoms with Crippen LogP contribution in [0.2, 0.25) is 0 Å². The lowest BCUT2D eigenvalue weighted by molar-refractivity contribution is -0.385. The number of benzene rings is 2. The normalized spacial score (nSPS) is 12.5. The maximum atomic E-state index is 14.0. The van der Waals surface area contributed by atoms with E-state index in [0.717, 1.165) is 24.3 Å². The van der Waals surface area contributed by atoms with Gasteiger partial charge in [0.25, 0.3) is 5.69 Å². The lowest BCUT2D eigenvalue weighted by Crippen LogP contribution is -2.33. The average Bonchev–Trinajstić information content (AvgIpc) is 2.59. The van der Waals surface area contributed by atoms with Crippen molar-refractivity contribution in [3.63, 3.8) is 0 Å². The summed E-state index contributed by atoms with van der Waals surface area (Å²) in [5, 5.41) is 20.6. The highest BCUT2D eigenvalue weighted by atomic mass is 19.4. The number of ether oxygens (including phenoxy) is 1. The largest absolute Gasteiger partial charge is 0.490 e. The molecule has 0 aromatic heterocycles. The summed E-state index contributed by atoms with van der Waals surface area (Å²) in [7, 11) is 1.43. The van der Waals surface area contributed by atoms with E-state index in [1.54, 1.807) is 0 Å². The van der Waals surface area contributed by atoms with Crippen LogP contribution in [0, 0.1) is 15.9 Å². The Morgan fingerprint density at radius 2 is 1.93 bits per heavy atom. The molecule has 0 aliphatic rings. The minimum atomic E-state index is -4.60. The minimum absolute atomic E-state index is 0.00431. The van der Waals surface area contributed by atoms with Crippen molar-refractivity contribution >= 4 is 11.4 Å². The van der Waals surface area contributed by atoms with Crippen LogP contribution in [0.1, 0.15) is 5.56 Å². The molecule has 0 amide bonds. The maximum absolute atomic E-state index is 14.0. The second-order valence-corrected chi connectivity index (χ2v) is 5.73. The summed E-state index contributed by atoms with van der Waals surface area (Å²) in [6.07, 6.45) is -5.83. The van der Waals surface area contributed by atoms with E-state index in [0.29, 0.717) is 0 Å². The highest BCUT2D eigenvalue weighted by molar-refractivity contribution is 5.51. The molecule has 0 fully saturated rings. The van der Waals surface area contributed by atoms with Crippen LogP contribution in [0.4, 0.5) is 28.9 Å².